The molecule has 1 atom stereocenters. The highest BCUT2D eigenvalue weighted by Crippen LogP contribution is 2.40. The molecule has 0 spiro atoms. The Kier molecular flexibility index (Phi) is 5.64. The second kappa shape index (κ2) is 6.55. The number of carbonyl (C=O) groups excluding carboxylic acids is 1. The van der Waals surface area contributed by atoms with Gasteiger partial charge in [0.15, 0.2) is 0 Å². The largest absolute Gasteiger partial charge is 0.358 e. The molecule has 1 fully saturated rings. The Labute approximate surface area is 112 Å². The van der Waals surface area contributed by atoms with E-state index in [0.717, 1.165) is 5.92 Å². The monoisotopic (exact) mass is 254 g/mol. The first-order chi connectivity index (χ1) is 8.40. The summed E-state index contributed by atoms with van der Waals surface area (Å²) < 4.78 is 0. The average Bonchev–Trinajstić information content (AvgIpc) is 2.38. The van der Waals surface area contributed by atoms with Gasteiger partial charge >= 0.3 is 0 Å². The molecule has 0 radical (unpaired) electrons. The molecular formula is C15H30N2O. The van der Waals surface area contributed by atoms with Crippen LogP contribution in [0.25, 0.3) is 0 Å². The maximum Gasteiger partial charge on any atom is 0.236 e. The Morgan fingerprint density at radius 1 is 1.28 bits per heavy atom. The lowest BCUT2D eigenvalue weighted by Gasteiger charge is -2.39. The number of hydrogen-bond donors (Lipinski definition) is 2. The van der Waals surface area contributed by atoms with Crippen molar-refractivity contribution in [3.63, 3.8) is 0 Å². The number of rotatable bonds is 5. The van der Waals surface area contributed by atoms with Crippen molar-refractivity contribution in [3.8, 4) is 0 Å². The van der Waals surface area contributed by atoms with Crippen LogP contribution in [0.5, 0.6) is 0 Å². The number of likely N-dealkylation sites (N-methyl/N-ethyl adjacent to an activating group) is 1. The van der Waals surface area contributed by atoms with E-state index in [9.17, 15) is 4.79 Å². The number of carbonyl (C=O) groups is 1. The predicted molar refractivity (Wildman–Crippen MR) is 76.5 cm³/mol. The summed E-state index contributed by atoms with van der Waals surface area (Å²) in [5.41, 5.74) is 0.470. The van der Waals surface area contributed by atoms with Crippen molar-refractivity contribution < 1.29 is 4.79 Å². The molecule has 0 heterocycles. The van der Waals surface area contributed by atoms with E-state index in [-0.39, 0.29) is 11.9 Å². The summed E-state index contributed by atoms with van der Waals surface area (Å²) in [5.74, 6) is 0.932. The van der Waals surface area contributed by atoms with E-state index in [0.29, 0.717) is 11.5 Å². The zero-order valence-electron chi connectivity index (χ0n) is 12.7. The van der Waals surface area contributed by atoms with Gasteiger partial charge in [-0.15, -0.1) is 0 Å². The molecule has 0 aromatic heterocycles. The van der Waals surface area contributed by atoms with Crippen molar-refractivity contribution in [2.24, 2.45) is 11.3 Å². The zero-order valence-corrected chi connectivity index (χ0v) is 12.7. The summed E-state index contributed by atoms with van der Waals surface area (Å²) in [6.07, 6.45) is 6.24. The molecule has 1 amide bonds. The molecule has 0 saturated heterocycles. The van der Waals surface area contributed by atoms with Crippen LogP contribution in [0, 0.1) is 11.3 Å². The fourth-order valence-electron chi connectivity index (χ4n) is 2.98. The van der Waals surface area contributed by atoms with Gasteiger partial charge in [0.25, 0.3) is 0 Å². The first kappa shape index (κ1) is 15.5. The highest BCUT2D eigenvalue weighted by Gasteiger charge is 2.32. The molecule has 0 bridgehead atoms. The third-order valence-corrected chi connectivity index (χ3v) is 4.87. The molecule has 1 saturated carbocycles. The maximum atomic E-state index is 11.5. The van der Waals surface area contributed by atoms with Crippen LogP contribution >= 0.6 is 0 Å². The summed E-state index contributed by atoms with van der Waals surface area (Å²) in [5, 5.41) is 6.14. The molecule has 0 aromatic rings. The van der Waals surface area contributed by atoms with Crippen molar-refractivity contribution in [1.29, 1.82) is 0 Å². The van der Waals surface area contributed by atoms with Crippen LogP contribution in [0.3, 0.4) is 0 Å². The van der Waals surface area contributed by atoms with Gasteiger partial charge in [-0.05, 0) is 43.9 Å². The van der Waals surface area contributed by atoms with E-state index >= 15 is 0 Å². The van der Waals surface area contributed by atoms with E-state index < -0.39 is 0 Å². The van der Waals surface area contributed by atoms with Crippen LogP contribution in [0.1, 0.15) is 59.8 Å². The van der Waals surface area contributed by atoms with Gasteiger partial charge in [-0.25, -0.2) is 0 Å². The number of amides is 1. The Bertz CT molecular complexity index is 268. The fraction of sp³-hybridized carbons (Fsp3) is 0.933. The van der Waals surface area contributed by atoms with Gasteiger partial charge in [0.1, 0.15) is 0 Å². The van der Waals surface area contributed by atoms with Gasteiger partial charge in [0.2, 0.25) is 5.91 Å². The van der Waals surface area contributed by atoms with Gasteiger partial charge in [0.05, 0.1) is 6.04 Å². The van der Waals surface area contributed by atoms with Crippen LogP contribution < -0.4 is 10.6 Å². The summed E-state index contributed by atoms with van der Waals surface area (Å²) in [6.45, 7) is 9.01. The standard InChI is InChI=1S/C15H30N2O/c1-6-15(3,4)12-7-9-13(10-8-12)17-11(2)14(18)16-5/h11-13,17H,6-10H2,1-5H3,(H,16,18). The minimum Gasteiger partial charge on any atom is -0.358 e. The van der Waals surface area contributed by atoms with Crippen molar-refractivity contribution in [2.45, 2.75) is 71.9 Å². The third kappa shape index (κ3) is 3.98. The first-order valence-electron chi connectivity index (χ1n) is 7.38. The van der Waals surface area contributed by atoms with Crippen LogP contribution in [0.15, 0.2) is 0 Å². The lowest BCUT2D eigenvalue weighted by Crippen LogP contribution is -2.47. The highest BCUT2D eigenvalue weighted by molar-refractivity contribution is 5.80. The molecule has 18 heavy (non-hydrogen) atoms. The van der Waals surface area contributed by atoms with E-state index in [1.807, 2.05) is 6.92 Å². The van der Waals surface area contributed by atoms with Crippen LogP contribution in [-0.4, -0.2) is 25.0 Å². The van der Waals surface area contributed by atoms with Crippen LogP contribution in [-0.2, 0) is 4.79 Å². The molecule has 0 aromatic carbocycles. The molecule has 106 valence electrons. The summed E-state index contributed by atoms with van der Waals surface area (Å²) in [7, 11) is 1.70. The van der Waals surface area contributed by atoms with Gasteiger partial charge < -0.3 is 10.6 Å². The van der Waals surface area contributed by atoms with Gasteiger partial charge in [0, 0.05) is 13.1 Å². The topological polar surface area (TPSA) is 41.1 Å². The van der Waals surface area contributed by atoms with Crippen LogP contribution in [0.4, 0.5) is 0 Å². The normalized spacial score (nSPS) is 26.7. The van der Waals surface area contributed by atoms with Gasteiger partial charge in [-0.3, -0.25) is 4.79 Å². The average molecular weight is 254 g/mol. The summed E-state index contributed by atoms with van der Waals surface area (Å²) in [4.78, 5) is 11.5. The van der Waals surface area contributed by atoms with E-state index in [4.69, 9.17) is 0 Å². The quantitative estimate of drug-likeness (QED) is 0.792. The van der Waals surface area contributed by atoms with E-state index in [1.54, 1.807) is 7.05 Å². The minimum absolute atomic E-state index is 0.0734. The SMILES string of the molecule is CCC(C)(C)C1CCC(NC(C)C(=O)NC)CC1. The van der Waals surface area contributed by atoms with Crippen molar-refractivity contribution >= 4 is 5.91 Å². The van der Waals surface area contributed by atoms with Crippen molar-refractivity contribution in [3.05, 3.63) is 0 Å². The molecule has 1 unspecified atom stereocenters. The molecule has 3 nitrogen and oxygen atoms in total. The maximum absolute atomic E-state index is 11.5. The Morgan fingerprint density at radius 3 is 2.28 bits per heavy atom. The number of nitrogens with one attached hydrogen (secondary N) is 2. The third-order valence-electron chi connectivity index (χ3n) is 4.87. The Balaban J connectivity index is 2.38. The fourth-order valence-corrected chi connectivity index (χ4v) is 2.98. The predicted octanol–water partition coefficient (Wildman–Crippen LogP) is 2.71. The van der Waals surface area contributed by atoms with E-state index in [1.165, 1.54) is 32.1 Å². The van der Waals surface area contributed by atoms with Crippen LogP contribution in [0.2, 0.25) is 0 Å². The molecule has 1 aliphatic carbocycles. The molecule has 0 aliphatic heterocycles. The lowest BCUT2D eigenvalue weighted by molar-refractivity contribution is -0.122. The highest BCUT2D eigenvalue weighted by atomic mass is 16.2. The molecule has 1 aliphatic rings. The number of hydrogen-bond acceptors (Lipinski definition) is 2. The first-order valence-corrected chi connectivity index (χ1v) is 7.38. The molecule has 3 heteroatoms. The molecule has 2 N–H and O–H groups in total. The molecular weight excluding hydrogens is 224 g/mol. The minimum atomic E-state index is -0.0734. The second-order valence-corrected chi connectivity index (χ2v) is 6.39. The van der Waals surface area contributed by atoms with Gasteiger partial charge in [-0.1, -0.05) is 27.2 Å². The summed E-state index contributed by atoms with van der Waals surface area (Å²) in [6, 6.07) is 0.442. The zero-order chi connectivity index (χ0) is 13.8. The summed E-state index contributed by atoms with van der Waals surface area (Å²) >= 11 is 0. The van der Waals surface area contributed by atoms with Crippen molar-refractivity contribution in [1.82, 2.24) is 10.6 Å². The lowest BCUT2D eigenvalue weighted by atomic mass is 9.69. The Hall–Kier alpha value is -0.570. The van der Waals surface area contributed by atoms with Crippen molar-refractivity contribution in [2.75, 3.05) is 7.05 Å². The smallest absolute Gasteiger partial charge is 0.236 e. The van der Waals surface area contributed by atoms with E-state index in [2.05, 4.69) is 31.4 Å². The second-order valence-electron chi connectivity index (χ2n) is 6.39. The Morgan fingerprint density at radius 2 is 1.83 bits per heavy atom. The molecule has 1 rings (SSSR count). The van der Waals surface area contributed by atoms with Gasteiger partial charge in [-0.2, -0.15) is 0 Å².